The molecule has 130 valence electrons. The van der Waals surface area contributed by atoms with E-state index in [2.05, 4.69) is 9.88 Å². The molecular weight excluding hydrogens is 314 g/mol. The van der Waals surface area contributed by atoms with E-state index in [1.165, 1.54) is 0 Å². The van der Waals surface area contributed by atoms with Gasteiger partial charge in [0.1, 0.15) is 0 Å². The molecular formula is C20H23N3O2. The molecule has 2 bridgehead atoms. The van der Waals surface area contributed by atoms with Crippen molar-refractivity contribution in [3.63, 3.8) is 0 Å². The number of carbonyl (C=O) groups excluding carboxylic acids is 2. The van der Waals surface area contributed by atoms with Crippen molar-refractivity contribution in [2.75, 3.05) is 6.54 Å². The van der Waals surface area contributed by atoms with Crippen LogP contribution >= 0.6 is 0 Å². The van der Waals surface area contributed by atoms with Crippen LogP contribution in [0.3, 0.4) is 0 Å². The van der Waals surface area contributed by atoms with Gasteiger partial charge in [-0.05, 0) is 44.9 Å². The van der Waals surface area contributed by atoms with Crippen molar-refractivity contribution in [2.45, 2.75) is 45.2 Å². The van der Waals surface area contributed by atoms with Gasteiger partial charge in [-0.2, -0.15) is 0 Å². The maximum absolute atomic E-state index is 13.3. The number of rotatable bonds is 2. The van der Waals surface area contributed by atoms with E-state index >= 15 is 0 Å². The van der Waals surface area contributed by atoms with E-state index in [1.54, 1.807) is 0 Å². The molecule has 2 aliphatic rings. The van der Waals surface area contributed by atoms with Crippen LogP contribution in [-0.4, -0.2) is 39.9 Å². The Balaban J connectivity index is 1.71. The molecule has 1 aromatic heterocycles. The van der Waals surface area contributed by atoms with Gasteiger partial charge in [-0.3, -0.25) is 9.59 Å². The molecule has 2 amide bonds. The second-order valence-corrected chi connectivity index (χ2v) is 7.06. The van der Waals surface area contributed by atoms with Crippen molar-refractivity contribution in [3.8, 4) is 5.69 Å². The standard InChI is InChI=1S/C20H23N3O2/c1-13-10-18(14(2)22(13)15-6-4-3-5-7-15)20(25)23-16-8-9-17(23)12-21-19(24)11-16/h3-7,10,16-17H,8-9,11-12H2,1-2H3,(H,21,24)/t16-,17-/m0/s1. The third kappa shape index (κ3) is 2.64. The molecule has 2 fully saturated rings. The van der Waals surface area contributed by atoms with Gasteiger partial charge in [0.25, 0.3) is 5.91 Å². The lowest BCUT2D eigenvalue weighted by molar-refractivity contribution is -0.121. The van der Waals surface area contributed by atoms with Gasteiger partial charge in [-0.1, -0.05) is 18.2 Å². The molecule has 2 atom stereocenters. The maximum atomic E-state index is 13.3. The average Bonchev–Trinajstić information content (AvgIpc) is 3.07. The van der Waals surface area contributed by atoms with E-state index in [4.69, 9.17) is 0 Å². The molecule has 2 aliphatic heterocycles. The summed E-state index contributed by atoms with van der Waals surface area (Å²) < 4.78 is 2.12. The SMILES string of the molecule is Cc1cc(C(=O)N2[C@H]3CC[C@H]2CC(=O)NC3)c(C)n1-c1ccccc1. The van der Waals surface area contributed by atoms with E-state index in [1.807, 2.05) is 55.1 Å². The summed E-state index contributed by atoms with van der Waals surface area (Å²) in [6.45, 7) is 4.59. The number of benzene rings is 1. The first-order chi connectivity index (χ1) is 12.1. The van der Waals surface area contributed by atoms with Crippen LogP contribution in [0.15, 0.2) is 36.4 Å². The lowest BCUT2D eigenvalue weighted by atomic mass is 10.1. The van der Waals surface area contributed by atoms with Crippen LogP contribution < -0.4 is 5.32 Å². The van der Waals surface area contributed by atoms with Crippen molar-refractivity contribution in [1.82, 2.24) is 14.8 Å². The smallest absolute Gasteiger partial charge is 0.256 e. The van der Waals surface area contributed by atoms with Gasteiger partial charge in [0.15, 0.2) is 0 Å². The third-order valence-corrected chi connectivity index (χ3v) is 5.49. The van der Waals surface area contributed by atoms with E-state index < -0.39 is 0 Å². The van der Waals surface area contributed by atoms with Crippen LogP contribution in [0.1, 0.15) is 41.0 Å². The third-order valence-electron chi connectivity index (χ3n) is 5.49. The quantitative estimate of drug-likeness (QED) is 0.916. The minimum atomic E-state index is 0.0276. The fraction of sp³-hybridized carbons (Fsp3) is 0.400. The lowest BCUT2D eigenvalue weighted by Gasteiger charge is -2.27. The summed E-state index contributed by atoms with van der Waals surface area (Å²) in [5.41, 5.74) is 3.81. The van der Waals surface area contributed by atoms with Gasteiger partial charge < -0.3 is 14.8 Å². The molecule has 5 heteroatoms. The zero-order chi connectivity index (χ0) is 17.6. The van der Waals surface area contributed by atoms with Crippen LogP contribution in [0.4, 0.5) is 0 Å². The number of nitrogens with zero attached hydrogens (tertiary/aromatic N) is 2. The molecule has 3 heterocycles. The predicted octanol–water partition coefficient (Wildman–Crippen LogP) is 2.59. The first-order valence-corrected chi connectivity index (χ1v) is 8.90. The van der Waals surface area contributed by atoms with Crippen LogP contribution in [-0.2, 0) is 4.79 Å². The van der Waals surface area contributed by atoms with Crippen LogP contribution in [0, 0.1) is 13.8 Å². The second-order valence-electron chi connectivity index (χ2n) is 7.06. The highest BCUT2D eigenvalue weighted by Crippen LogP contribution is 2.31. The van der Waals surface area contributed by atoms with E-state index in [0.29, 0.717) is 13.0 Å². The summed E-state index contributed by atoms with van der Waals surface area (Å²) in [4.78, 5) is 27.1. The van der Waals surface area contributed by atoms with Crippen molar-refractivity contribution in [3.05, 3.63) is 53.3 Å². The van der Waals surface area contributed by atoms with Crippen molar-refractivity contribution in [2.24, 2.45) is 0 Å². The summed E-state index contributed by atoms with van der Waals surface area (Å²) in [6.07, 6.45) is 2.30. The number of fused-ring (bicyclic) bond motifs is 2. The predicted molar refractivity (Wildman–Crippen MR) is 95.8 cm³/mol. The molecule has 1 N–H and O–H groups in total. The first kappa shape index (κ1) is 15.9. The Morgan fingerprint density at radius 1 is 1.12 bits per heavy atom. The van der Waals surface area contributed by atoms with E-state index in [9.17, 15) is 9.59 Å². The van der Waals surface area contributed by atoms with Crippen LogP contribution in [0.2, 0.25) is 0 Å². The van der Waals surface area contributed by atoms with Gasteiger partial charge in [0.05, 0.1) is 5.56 Å². The summed E-state index contributed by atoms with van der Waals surface area (Å²) in [6, 6.07) is 12.2. The minimum absolute atomic E-state index is 0.0276. The number of amides is 2. The maximum Gasteiger partial charge on any atom is 0.256 e. The number of nitrogens with one attached hydrogen (secondary N) is 1. The van der Waals surface area contributed by atoms with Crippen molar-refractivity contribution >= 4 is 11.8 Å². The zero-order valence-electron chi connectivity index (χ0n) is 14.7. The molecule has 0 unspecified atom stereocenters. The molecule has 4 rings (SSSR count). The fourth-order valence-corrected chi connectivity index (χ4v) is 4.30. The molecule has 5 nitrogen and oxygen atoms in total. The second kappa shape index (κ2) is 6.06. The molecule has 0 radical (unpaired) electrons. The summed E-state index contributed by atoms with van der Waals surface area (Å²) >= 11 is 0. The topological polar surface area (TPSA) is 54.3 Å². The normalized spacial score (nSPS) is 22.6. The Kier molecular flexibility index (Phi) is 3.86. The molecule has 0 saturated carbocycles. The fourth-order valence-electron chi connectivity index (χ4n) is 4.30. The Morgan fingerprint density at radius 3 is 2.60 bits per heavy atom. The Morgan fingerprint density at radius 2 is 1.84 bits per heavy atom. The summed E-state index contributed by atoms with van der Waals surface area (Å²) in [5, 5.41) is 2.93. The molecule has 0 aliphatic carbocycles. The van der Waals surface area contributed by atoms with Gasteiger partial charge in [0, 0.05) is 42.1 Å². The summed E-state index contributed by atoms with van der Waals surface area (Å²) in [5.74, 6) is 0.110. The molecule has 25 heavy (non-hydrogen) atoms. The van der Waals surface area contributed by atoms with Gasteiger partial charge in [0.2, 0.25) is 5.91 Å². The van der Waals surface area contributed by atoms with Gasteiger partial charge in [-0.15, -0.1) is 0 Å². The number of hydrogen-bond donors (Lipinski definition) is 1. The van der Waals surface area contributed by atoms with Gasteiger partial charge in [-0.25, -0.2) is 0 Å². The largest absolute Gasteiger partial charge is 0.354 e. The molecule has 2 aromatic rings. The van der Waals surface area contributed by atoms with Crippen molar-refractivity contribution in [1.29, 1.82) is 0 Å². The Labute approximate surface area is 147 Å². The number of aryl methyl sites for hydroxylation is 1. The molecule has 1 aromatic carbocycles. The molecule has 2 saturated heterocycles. The summed E-state index contributed by atoms with van der Waals surface area (Å²) in [7, 11) is 0. The lowest BCUT2D eigenvalue weighted by Crippen LogP contribution is -2.42. The molecule has 0 spiro atoms. The highest BCUT2D eigenvalue weighted by atomic mass is 16.2. The van der Waals surface area contributed by atoms with Gasteiger partial charge >= 0.3 is 0 Å². The van der Waals surface area contributed by atoms with Crippen molar-refractivity contribution < 1.29 is 9.59 Å². The zero-order valence-corrected chi connectivity index (χ0v) is 14.7. The first-order valence-electron chi connectivity index (χ1n) is 8.90. The Bertz CT molecular complexity index is 825. The number of carbonyl (C=O) groups is 2. The monoisotopic (exact) mass is 337 g/mol. The highest BCUT2D eigenvalue weighted by Gasteiger charge is 2.41. The van der Waals surface area contributed by atoms with Crippen LogP contribution in [0.25, 0.3) is 5.69 Å². The van der Waals surface area contributed by atoms with E-state index in [0.717, 1.165) is 35.5 Å². The number of aromatic nitrogens is 1. The van der Waals surface area contributed by atoms with Crippen LogP contribution in [0.5, 0.6) is 0 Å². The number of hydrogen-bond acceptors (Lipinski definition) is 2. The van der Waals surface area contributed by atoms with E-state index in [-0.39, 0.29) is 23.9 Å². The average molecular weight is 337 g/mol. The Hall–Kier alpha value is -2.56. The minimum Gasteiger partial charge on any atom is -0.354 e. The number of para-hydroxylation sites is 1. The highest BCUT2D eigenvalue weighted by molar-refractivity contribution is 5.97.